The molecule has 5 nitrogen and oxygen atoms in total. The molecule has 1 N–H and O–H groups in total. The number of hydrogen-bond donors (Lipinski definition) is 1. The van der Waals surface area contributed by atoms with Crippen LogP contribution in [-0.2, 0) is 6.54 Å². The summed E-state index contributed by atoms with van der Waals surface area (Å²) in [6.07, 6.45) is 0. The molecular weight excluding hydrogens is 352 g/mol. The molecule has 2 aromatic carbocycles. The standard InChI is InChI=1S/C20H23ClN2O3/c1-3-22(4-2)20(25)23-8-9-26-19-16(13-23)10-15(12-18(19)24)14-6-5-7-17(21)11-14/h5-7,10-12,24H,3-4,8-9,13H2,1-2H3. The average molecular weight is 375 g/mol. The van der Waals surface area contributed by atoms with Crippen molar-refractivity contribution in [2.24, 2.45) is 0 Å². The smallest absolute Gasteiger partial charge is 0.320 e. The highest BCUT2D eigenvalue weighted by Crippen LogP contribution is 2.38. The van der Waals surface area contributed by atoms with E-state index in [2.05, 4.69) is 0 Å². The van der Waals surface area contributed by atoms with Gasteiger partial charge in [0.25, 0.3) is 0 Å². The van der Waals surface area contributed by atoms with Crippen LogP contribution in [0.15, 0.2) is 36.4 Å². The first kappa shape index (κ1) is 18.4. The van der Waals surface area contributed by atoms with Crippen molar-refractivity contribution in [1.29, 1.82) is 0 Å². The van der Waals surface area contributed by atoms with E-state index in [0.29, 0.717) is 43.6 Å². The molecule has 0 spiro atoms. The zero-order valence-corrected chi connectivity index (χ0v) is 15.8. The van der Waals surface area contributed by atoms with Crippen LogP contribution in [0.4, 0.5) is 4.79 Å². The van der Waals surface area contributed by atoms with Gasteiger partial charge in [0.05, 0.1) is 13.1 Å². The second kappa shape index (κ2) is 7.87. The van der Waals surface area contributed by atoms with Crippen LogP contribution in [0, 0.1) is 0 Å². The summed E-state index contributed by atoms with van der Waals surface area (Å²) in [4.78, 5) is 16.3. The Labute approximate surface area is 158 Å². The number of benzene rings is 2. The van der Waals surface area contributed by atoms with Crippen LogP contribution in [0.1, 0.15) is 19.4 Å². The SMILES string of the molecule is CCN(CC)C(=O)N1CCOc2c(O)cc(-c3cccc(Cl)c3)cc2C1. The van der Waals surface area contributed by atoms with Gasteiger partial charge < -0.3 is 19.6 Å². The summed E-state index contributed by atoms with van der Waals surface area (Å²) in [7, 11) is 0. The number of fused-ring (bicyclic) bond motifs is 1. The summed E-state index contributed by atoms with van der Waals surface area (Å²) in [6.45, 7) is 6.48. The number of carbonyl (C=O) groups is 1. The maximum absolute atomic E-state index is 12.7. The molecule has 0 saturated heterocycles. The van der Waals surface area contributed by atoms with Crippen molar-refractivity contribution in [2.75, 3.05) is 26.2 Å². The lowest BCUT2D eigenvalue weighted by atomic mass is 10.0. The molecule has 0 aromatic heterocycles. The molecule has 0 aliphatic carbocycles. The summed E-state index contributed by atoms with van der Waals surface area (Å²) in [5.74, 6) is 0.528. The molecular formula is C20H23ClN2O3. The lowest BCUT2D eigenvalue weighted by Gasteiger charge is -2.28. The number of hydrogen-bond acceptors (Lipinski definition) is 3. The lowest BCUT2D eigenvalue weighted by Crippen LogP contribution is -2.43. The summed E-state index contributed by atoms with van der Waals surface area (Å²) in [5, 5.41) is 11.1. The van der Waals surface area contributed by atoms with Crippen molar-refractivity contribution in [3.05, 3.63) is 47.0 Å². The van der Waals surface area contributed by atoms with E-state index in [1.165, 1.54) is 0 Å². The second-order valence-electron chi connectivity index (χ2n) is 6.22. The van der Waals surface area contributed by atoms with Crippen molar-refractivity contribution < 1.29 is 14.6 Å². The fourth-order valence-electron chi connectivity index (χ4n) is 3.19. The fraction of sp³-hybridized carbons (Fsp3) is 0.350. The molecule has 1 heterocycles. The number of urea groups is 1. The predicted molar refractivity (Wildman–Crippen MR) is 103 cm³/mol. The Hall–Kier alpha value is -2.40. The highest BCUT2D eigenvalue weighted by atomic mass is 35.5. The quantitative estimate of drug-likeness (QED) is 0.867. The molecule has 138 valence electrons. The molecule has 0 atom stereocenters. The number of phenols is 1. The number of carbonyl (C=O) groups excluding carboxylic acids is 1. The summed E-state index contributed by atoms with van der Waals surface area (Å²) in [6, 6.07) is 11.1. The Kier molecular flexibility index (Phi) is 5.57. The first-order valence-corrected chi connectivity index (χ1v) is 9.19. The largest absolute Gasteiger partial charge is 0.504 e. The van der Waals surface area contributed by atoms with Gasteiger partial charge in [0.1, 0.15) is 6.61 Å². The van der Waals surface area contributed by atoms with E-state index in [1.54, 1.807) is 15.9 Å². The van der Waals surface area contributed by atoms with E-state index in [9.17, 15) is 9.90 Å². The minimum Gasteiger partial charge on any atom is -0.504 e. The van der Waals surface area contributed by atoms with Gasteiger partial charge in [0.15, 0.2) is 11.5 Å². The van der Waals surface area contributed by atoms with Crippen molar-refractivity contribution >= 4 is 17.6 Å². The maximum Gasteiger partial charge on any atom is 0.320 e. The van der Waals surface area contributed by atoms with Gasteiger partial charge in [-0.2, -0.15) is 0 Å². The molecule has 2 aromatic rings. The first-order chi connectivity index (χ1) is 12.5. The summed E-state index contributed by atoms with van der Waals surface area (Å²) >= 11 is 6.09. The van der Waals surface area contributed by atoms with Crippen LogP contribution in [0.2, 0.25) is 5.02 Å². The van der Waals surface area contributed by atoms with E-state index < -0.39 is 0 Å². The molecule has 2 amide bonds. The number of amides is 2. The number of ether oxygens (including phenoxy) is 1. The van der Waals surface area contributed by atoms with E-state index in [4.69, 9.17) is 16.3 Å². The Morgan fingerprint density at radius 2 is 2.00 bits per heavy atom. The fourth-order valence-corrected chi connectivity index (χ4v) is 3.38. The van der Waals surface area contributed by atoms with E-state index >= 15 is 0 Å². The van der Waals surface area contributed by atoms with Gasteiger partial charge in [0, 0.05) is 23.7 Å². The van der Waals surface area contributed by atoms with Crippen molar-refractivity contribution in [3.8, 4) is 22.6 Å². The minimum absolute atomic E-state index is 0.0147. The number of phenolic OH excluding ortho intramolecular Hbond substituents is 1. The molecule has 0 bridgehead atoms. The highest BCUT2D eigenvalue weighted by Gasteiger charge is 2.25. The van der Waals surface area contributed by atoms with Crippen LogP contribution in [0.5, 0.6) is 11.5 Å². The van der Waals surface area contributed by atoms with Crippen LogP contribution in [-0.4, -0.2) is 47.2 Å². The highest BCUT2D eigenvalue weighted by molar-refractivity contribution is 6.30. The van der Waals surface area contributed by atoms with Crippen molar-refractivity contribution in [2.45, 2.75) is 20.4 Å². The molecule has 3 rings (SSSR count). The maximum atomic E-state index is 12.7. The third-order valence-electron chi connectivity index (χ3n) is 4.58. The van der Waals surface area contributed by atoms with Gasteiger partial charge in [-0.25, -0.2) is 4.79 Å². The molecule has 0 unspecified atom stereocenters. The third-order valence-corrected chi connectivity index (χ3v) is 4.81. The monoisotopic (exact) mass is 374 g/mol. The number of nitrogens with zero attached hydrogens (tertiary/aromatic N) is 2. The average Bonchev–Trinajstić information content (AvgIpc) is 2.85. The van der Waals surface area contributed by atoms with Crippen LogP contribution >= 0.6 is 11.6 Å². The Balaban J connectivity index is 1.96. The molecule has 0 radical (unpaired) electrons. The number of halogens is 1. The zero-order chi connectivity index (χ0) is 18.7. The van der Waals surface area contributed by atoms with Gasteiger partial charge in [-0.1, -0.05) is 23.7 Å². The van der Waals surface area contributed by atoms with Gasteiger partial charge in [-0.15, -0.1) is 0 Å². The third kappa shape index (κ3) is 3.73. The number of rotatable bonds is 3. The van der Waals surface area contributed by atoms with Gasteiger partial charge in [-0.3, -0.25) is 0 Å². The van der Waals surface area contributed by atoms with Gasteiger partial charge in [-0.05, 0) is 49.2 Å². The molecule has 1 aliphatic heterocycles. The number of aromatic hydroxyl groups is 1. The van der Waals surface area contributed by atoms with Crippen LogP contribution < -0.4 is 4.74 Å². The molecule has 26 heavy (non-hydrogen) atoms. The van der Waals surface area contributed by atoms with Gasteiger partial charge in [0.2, 0.25) is 0 Å². The van der Waals surface area contributed by atoms with Crippen LogP contribution in [0.3, 0.4) is 0 Å². The Morgan fingerprint density at radius 1 is 1.23 bits per heavy atom. The predicted octanol–water partition coefficient (Wildman–Crippen LogP) is 4.37. The Bertz CT molecular complexity index is 806. The topological polar surface area (TPSA) is 53.0 Å². The van der Waals surface area contributed by atoms with Crippen LogP contribution in [0.25, 0.3) is 11.1 Å². The lowest BCUT2D eigenvalue weighted by molar-refractivity contribution is 0.149. The molecule has 0 fully saturated rings. The Morgan fingerprint density at radius 3 is 2.69 bits per heavy atom. The molecule has 0 saturated carbocycles. The zero-order valence-electron chi connectivity index (χ0n) is 15.0. The second-order valence-corrected chi connectivity index (χ2v) is 6.66. The van der Waals surface area contributed by atoms with Crippen molar-refractivity contribution in [3.63, 3.8) is 0 Å². The minimum atomic E-state index is -0.0147. The van der Waals surface area contributed by atoms with E-state index in [-0.39, 0.29) is 11.8 Å². The summed E-state index contributed by atoms with van der Waals surface area (Å²) < 4.78 is 5.73. The first-order valence-electron chi connectivity index (χ1n) is 8.82. The normalized spacial score (nSPS) is 13.6. The van der Waals surface area contributed by atoms with Crippen molar-refractivity contribution in [1.82, 2.24) is 9.80 Å². The van der Waals surface area contributed by atoms with Gasteiger partial charge >= 0.3 is 6.03 Å². The molecule has 6 heteroatoms. The summed E-state index contributed by atoms with van der Waals surface area (Å²) in [5.41, 5.74) is 2.53. The molecule has 1 aliphatic rings. The van der Waals surface area contributed by atoms with E-state index in [1.807, 2.05) is 44.2 Å². The van der Waals surface area contributed by atoms with E-state index in [0.717, 1.165) is 16.7 Å².